The zero-order valence-electron chi connectivity index (χ0n) is 10.8. The molecule has 0 aliphatic carbocycles. The van der Waals surface area contributed by atoms with Crippen LogP contribution in [0.15, 0.2) is 54.6 Å². The maximum Gasteiger partial charge on any atom is 0.119 e. The Morgan fingerprint density at radius 1 is 1.00 bits per heavy atom. The van der Waals surface area contributed by atoms with Crippen LogP contribution in [0.25, 0.3) is 6.08 Å². The van der Waals surface area contributed by atoms with Gasteiger partial charge in [0, 0.05) is 11.6 Å². The summed E-state index contributed by atoms with van der Waals surface area (Å²) in [6.07, 6.45) is 3.16. The van der Waals surface area contributed by atoms with E-state index in [-0.39, 0.29) is 0 Å². The molecule has 3 nitrogen and oxygen atoms in total. The summed E-state index contributed by atoms with van der Waals surface area (Å²) in [5, 5.41) is 17.4. The van der Waals surface area contributed by atoms with Gasteiger partial charge in [0.2, 0.25) is 0 Å². The summed E-state index contributed by atoms with van der Waals surface area (Å²) in [6.45, 7) is 0.358. The van der Waals surface area contributed by atoms with Gasteiger partial charge in [-0.1, -0.05) is 30.3 Å². The minimum Gasteiger partial charge on any atom is -0.489 e. The third kappa shape index (κ3) is 3.48. The number of rotatable bonds is 4. The van der Waals surface area contributed by atoms with E-state index in [9.17, 15) is 0 Å². The highest BCUT2D eigenvalue weighted by Gasteiger charge is 2.01. The standard InChI is InChI=1S/C17H12N2O/c18-11-3-4-14-7-9-17(10-8-14)20-13-16-6-2-1-5-15(16)12-19/h1-10H,13H2. The maximum atomic E-state index is 8.99. The molecule has 0 unspecified atom stereocenters. The van der Waals surface area contributed by atoms with E-state index in [0.717, 1.165) is 16.9 Å². The lowest BCUT2D eigenvalue weighted by atomic mass is 10.1. The molecule has 0 aliphatic heterocycles. The lowest BCUT2D eigenvalue weighted by Gasteiger charge is -2.07. The van der Waals surface area contributed by atoms with Crippen LogP contribution in [0, 0.1) is 22.7 Å². The fourth-order valence-electron chi connectivity index (χ4n) is 1.72. The van der Waals surface area contributed by atoms with E-state index >= 15 is 0 Å². The van der Waals surface area contributed by atoms with Crippen molar-refractivity contribution < 1.29 is 4.74 Å². The molecule has 0 heterocycles. The minimum atomic E-state index is 0.358. The van der Waals surface area contributed by atoms with Gasteiger partial charge >= 0.3 is 0 Å². The molecule has 0 aliphatic rings. The Bertz CT molecular complexity index is 688. The number of benzene rings is 2. The van der Waals surface area contributed by atoms with Gasteiger partial charge < -0.3 is 4.74 Å². The first kappa shape index (κ1) is 13.4. The summed E-state index contributed by atoms with van der Waals surface area (Å²) < 4.78 is 5.65. The first-order valence-corrected chi connectivity index (χ1v) is 6.10. The Hall–Kier alpha value is -3.04. The Kier molecular flexibility index (Phi) is 4.54. The van der Waals surface area contributed by atoms with Crippen molar-refractivity contribution in [2.45, 2.75) is 6.61 Å². The SMILES string of the molecule is N#CC=Cc1ccc(OCc2ccccc2C#N)cc1. The van der Waals surface area contributed by atoms with E-state index in [2.05, 4.69) is 6.07 Å². The number of ether oxygens (including phenoxy) is 1. The van der Waals surface area contributed by atoms with Crippen molar-refractivity contribution in [3.05, 3.63) is 71.3 Å². The van der Waals surface area contributed by atoms with Crippen LogP contribution >= 0.6 is 0 Å². The second-order valence-electron chi connectivity index (χ2n) is 4.09. The normalized spacial score (nSPS) is 9.90. The minimum absolute atomic E-state index is 0.358. The topological polar surface area (TPSA) is 56.8 Å². The van der Waals surface area contributed by atoms with E-state index in [4.69, 9.17) is 15.3 Å². The molecule has 3 heteroatoms. The summed E-state index contributed by atoms with van der Waals surface area (Å²) >= 11 is 0. The van der Waals surface area contributed by atoms with E-state index < -0.39 is 0 Å². The lowest BCUT2D eigenvalue weighted by Crippen LogP contribution is -1.97. The van der Waals surface area contributed by atoms with Crippen LogP contribution in [-0.4, -0.2) is 0 Å². The number of allylic oxidation sites excluding steroid dienone is 1. The monoisotopic (exact) mass is 260 g/mol. The van der Waals surface area contributed by atoms with E-state index in [1.54, 1.807) is 12.1 Å². The molecule has 0 aromatic heterocycles. The van der Waals surface area contributed by atoms with E-state index in [1.165, 1.54) is 6.08 Å². The number of hydrogen-bond acceptors (Lipinski definition) is 3. The Labute approximate surface area is 118 Å². The zero-order chi connectivity index (χ0) is 14.2. The highest BCUT2D eigenvalue weighted by Crippen LogP contribution is 2.16. The summed E-state index contributed by atoms with van der Waals surface area (Å²) in [6, 6.07) is 18.9. The number of hydrogen-bond donors (Lipinski definition) is 0. The first-order valence-electron chi connectivity index (χ1n) is 6.10. The molecule has 0 N–H and O–H groups in total. The smallest absolute Gasteiger partial charge is 0.119 e. The van der Waals surface area contributed by atoms with Crippen LogP contribution in [0.3, 0.4) is 0 Å². The van der Waals surface area contributed by atoms with Gasteiger partial charge in [0.1, 0.15) is 12.4 Å². The van der Waals surface area contributed by atoms with Gasteiger partial charge in [0.25, 0.3) is 0 Å². The van der Waals surface area contributed by atoms with Gasteiger partial charge in [-0.15, -0.1) is 0 Å². The van der Waals surface area contributed by atoms with Crippen molar-refractivity contribution in [3.8, 4) is 17.9 Å². The quantitative estimate of drug-likeness (QED) is 0.788. The van der Waals surface area contributed by atoms with Crippen LogP contribution in [0.5, 0.6) is 5.75 Å². The summed E-state index contributed by atoms with van der Waals surface area (Å²) in [5.74, 6) is 0.729. The summed E-state index contributed by atoms with van der Waals surface area (Å²) in [7, 11) is 0. The molecule has 0 amide bonds. The highest BCUT2D eigenvalue weighted by atomic mass is 16.5. The molecule has 0 saturated heterocycles. The Morgan fingerprint density at radius 2 is 1.75 bits per heavy atom. The van der Waals surface area contributed by atoms with E-state index in [1.807, 2.05) is 48.5 Å². The van der Waals surface area contributed by atoms with Gasteiger partial charge in [0.05, 0.1) is 17.7 Å². The average molecular weight is 260 g/mol. The predicted molar refractivity (Wildman–Crippen MR) is 76.6 cm³/mol. The van der Waals surface area contributed by atoms with Crippen molar-refractivity contribution in [1.29, 1.82) is 10.5 Å². The molecular formula is C17H12N2O. The van der Waals surface area contributed by atoms with Gasteiger partial charge in [-0.25, -0.2) is 0 Å². The molecule has 0 radical (unpaired) electrons. The molecule has 0 fully saturated rings. The molecule has 0 spiro atoms. The van der Waals surface area contributed by atoms with Crippen LogP contribution < -0.4 is 4.74 Å². The van der Waals surface area contributed by atoms with Gasteiger partial charge in [-0.2, -0.15) is 10.5 Å². The second kappa shape index (κ2) is 6.78. The number of nitriles is 2. The second-order valence-corrected chi connectivity index (χ2v) is 4.09. The molecule has 0 saturated carbocycles. The molecule has 96 valence electrons. The van der Waals surface area contributed by atoms with Crippen LogP contribution in [0.1, 0.15) is 16.7 Å². The van der Waals surface area contributed by atoms with Crippen molar-refractivity contribution in [1.82, 2.24) is 0 Å². The molecule has 2 aromatic carbocycles. The molecule has 0 bridgehead atoms. The summed E-state index contributed by atoms with van der Waals surface area (Å²) in [4.78, 5) is 0. The van der Waals surface area contributed by atoms with Gasteiger partial charge in [0.15, 0.2) is 0 Å². The van der Waals surface area contributed by atoms with Crippen LogP contribution in [0.2, 0.25) is 0 Å². The fourth-order valence-corrected chi connectivity index (χ4v) is 1.72. The molecular weight excluding hydrogens is 248 g/mol. The van der Waals surface area contributed by atoms with E-state index in [0.29, 0.717) is 12.2 Å². The summed E-state index contributed by atoms with van der Waals surface area (Å²) in [5.41, 5.74) is 2.43. The lowest BCUT2D eigenvalue weighted by molar-refractivity contribution is 0.306. The van der Waals surface area contributed by atoms with Gasteiger partial charge in [-0.3, -0.25) is 0 Å². The molecule has 2 rings (SSSR count). The molecule has 2 aromatic rings. The third-order valence-corrected chi connectivity index (χ3v) is 2.76. The van der Waals surface area contributed by atoms with Crippen LogP contribution in [-0.2, 0) is 6.61 Å². The molecule has 0 atom stereocenters. The number of nitrogens with zero attached hydrogens (tertiary/aromatic N) is 2. The maximum absolute atomic E-state index is 8.99. The highest BCUT2D eigenvalue weighted by molar-refractivity contribution is 5.52. The molecule has 20 heavy (non-hydrogen) atoms. The van der Waals surface area contributed by atoms with Crippen molar-refractivity contribution in [3.63, 3.8) is 0 Å². The van der Waals surface area contributed by atoms with Crippen LogP contribution in [0.4, 0.5) is 0 Å². The van der Waals surface area contributed by atoms with Gasteiger partial charge in [-0.05, 0) is 29.8 Å². The van der Waals surface area contributed by atoms with Crippen molar-refractivity contribution in [2.24, 2.45) is 0 Å². The van der Waals surface area contributed by atoms with Crippen molar-refractivity contribution >= 4 is 6.08 Å². The zero-order valence-corrected chi connectivity index (χ0v) is 10.8. The third-order valence-electron chi connectivity index (χ3n) is 2.76. The Balaban J connectivity index is 2.03. The predicted octanol–water partition coefficient (Wildman–Crippen LogP) is 3.67. The largest absolute Gasteiger partial charge is 0.489 e. The Morgan fingerprint density at radius 3 is 2.45 bits per heavy atom. The first-order chi connectivity index (χ1) is 9.83. The van der Waals surface area contributed by atoms with Crippen molar-refractivity contribution in [2.75, 3.05) is 0 Å². The fraction of sp³-hybridized carbons (Fsp3) is 0.0588. The average Bonchev–Trinajstić information content (AvgIpc) is 2.52.